The van der Waals surface area contributed by atoms with Crippen LogP contribution in [0.25, 0.3) is 10.9 Å². The van der Waals surface area contributed by atoms with Crippen molar-refractivity contribution in [1.82, 2.24) is 14.7 Å². The number of fused-ring (bicyclic) bond motifs is 1. The van der Waals surface area contributed by atoms with Gasteiger partial charge in [-0.1, -0.05) is 42.5 Å². The van der Waals surface area contributed by atoms with Crippen molar-refractivity contribution < 1.29 is 8.42 Å². The number of anilines is 2. The van der Waals surface area contributed by atoms with Gasteiger partial charge >= 0.3 is 0 Å². The molecule has 0 radical (unpaired) electrons. The Kier molecular flexibility index (Phi) is 7.28. The van der Waals surface area contributed by atoms with E-state index in [1.807, 2.05) is 101 Å². The van der Waals surface area contributed by atoms with Gasteiger partial charge in [-0.05, 0) is 73.2 Å². The van der Waals surface area contributed by atoms with Crippen LogP contribution in [0.15, 0.2) is 59.5 Å². The monoisotopic (exact) mass is 503 g/mol. The Bertz CT molecular complexity index is 1490. The summed E-state index contributed by atoms with van der Waals surface area (Å²) in [5.74, 6) is 1.42. The number of rotatable bonds is 8. The summed E-state index contributed by atoms with van der Waals surface area (Å²) in [4.78, 5) is 11.7. The van der Waals surface area contributed by atoms with Crippen LogP contribution in [0.2, 0.25) is 0 Å². The lowest BCUT2D eigenvalue weighted by molar-refractivity contribution is 0.579. The summed E-state index contributed by atoms with van der Waals surface area (Å²) >= 11 is 0. The van der Waals surface area contributed by atoms with Gasteiger partial charge in [0.2, 0.25) is 16.0 Å². The van der Waals surface area contributed by atoms with Crippen LogP contribution in [0.1, 0.15) is 33.4 Å². The Morgan fingerprint density at radius 2 is 1.39 bits per heavy atom. The predicted octanol–water partition coefficient (Wildman–Crippen LogP) is 5.02. The van der Waals surface area contributed by atoms with Crippen molar-refractivity contribution in [3.63, 3.8) is 0 Å². The van der Waals surface area contributed by atoms with Gasteiger partial charge < -0.3 is 10.2 Å². The normalized spacial score (nSPS) is 11.6. The van der Waals surface area contributed by atoms with E-state index in [9.17, 15) is 8.42 Å². The Hall–Kier alpha value is -3.49. The number of benzene rings is 3. The van der Waals surface area contributed by atoms with Gasteiger partial charge in [-0.2, -0.15) is 4.98 Å². The lowest BCUT2D eigenvalue weighted by atomic mass is 10.0. The number of para-hydroxylation sites is 1. The van der Waals surface area contributed by atoms with Crippen molar-refractivity contribution in [3.8, 4) is 0 Å². The molecule has 0 unspecified atom stereocenters. The Morgan fingerprint density at radius 1 is 0.806 bits per heavy atom. The van der Waals surface area contributed by atoms with Crippen molar-refractivity contribution >= 4 is 32.7 Å². The van der Waals surface area contributed by atoms with Crippen molar-refractivity contribution in [2.75, 3.05) is 24.3 Å². The molecule has 0 spiro atoms. The maximum absolute atomic E-state index is 13.1. The minimum Gasteiger partial charge on any atom is -0.362 e. The fourth-order valence-corrected chi connectivity index (χ4v) is 5.90. The molecule has 0 saturated carbocycles. The largest absolute Gasteiger partial charge is 0.362 e. The fraction of sp³-hybridized carbons (Fsp3) is 0.286. The first-order valence-corrected chi connectivity index (χ1v) is 13.4. The van der Waals surface area contributed by atoms with Crippen LogP contribution < -0.4 is 14.9 Å². The van der Waals surface area contributed by atoms with Crippen LogP contribution in [-0.2, 0) is 23.1 Å². The molecule has 0 fully saturated rings. The topological polar surface area (TPSA) is 87.2 Å². The number of nitrogens with zero attached hydrogens (tertiary/aromatic N) is 3. The van der Waals surface area contributed by atoms with Gasteiger partial charge in [-0.3, -0.25) is 0 Å². The quantitative estimate of drug-likeness (QED) is 0.351. The van der Waals surface area contributed by atoms with E-state index in [-0.39, 0.29) is 6.54 Å². The number of aryl methyl sites for hydroxylation is 2. The zero-order valence-electron chi connectivity index (χ0n) is 21.7. The number of nitrogens with one attached hydrogen (secondary N) is 2. The van der Waals surface area contributed by atoms with Crippen LogP contribution >= 0.6 is 0 Å². The van der Waals surface area contributed by atoms with Gasteiger partial charge in [0.05, 0.1) is 10.4 Å². The molecule has 0 bridgehead atoms. The van der Waals surface area contributed by atoms with E-state index in [2.05, 4.69) is 20.0 Å². The molecule has 0 atom stereocenters. The molecule has 188 valence electrons. The van der Waals surface area contributed by atoms with Crippen molar-refractivity contribution in [2.45, 2.75) is 45.7 Å². The summed E-state index contributed by atoms with van der Waals surface area (Å²) in [5, 5.41) is 4.31. The van der Waals surface area contributed by atoms with E-state index < -0.39 is 10.0 Å². The van der Waals surface area contributed by atoms with Crippen LogP contribution in [0.5, 0.6) is 0 Å². The SMILES string of the molecule is Cc1cc(C)c(C)c(S(=O)(=O)NCc2ccc(CNc3nc(N(C)C)c4ccccc4n3)cc2)c1C. The molecule has 4 aromatic rings. The molecule has 36 heavy (non-hydrogen) atoms. The number of aromatic nitrogens is 2. The summed E-state index contributed by atoms with van der Waals surface area (Å²) in [6.07, 6.45) is 0. The van der Waals surface area contributed by atoms with Crippen molar-refractivity contribution in [1.29, 1.82) is 0 Å². The molecule has 2 N–H and O–H groups in total. The first-order chi connectivity index (χ1) is 17.1. The standard InChI is InChI=1S/C28H33N5O2S/c1-18-15-19(2)21(4)26(20(18)3)36(34,35)30-17-23-13-11-22(12-14-23)16-29-28-31-25-10-8-7-9-24(25)27(32-28)33(5)6/h7-15,30H,16-17H2,1-6H3,(H,29,31,32). The zero-order valence-corrected chi connectivity index (χ0v) is 22.5. The van der Waals surface area contributed by atoms with Crippen LogP contribution in [0, 0.1) is 27.7 Å². The molecule has 3 aromatic carbocycles. The van der Waals surface area contributed by atoms with Gasteiger partial charge in [-0.25, -0.2) is 18.1 Å². The summed E-state index contributed by atoms with van der Waals surface area (Å²) in [6, 6.07) is 17.8. The van der Waals surface area contributed by atoms with E-state index in [4.69, 9.17) is 0 Å². The lowest BCUT2D eigenvalue weighted by Crippen LogP contribution is -2.25. The maximum atomic E-state index is 13.1. The molecule has 0 aliphatic carbocycles. The number of hydrogen-bond donors (Lipinski definition) is 2. The smallest absolute Gasteiger partial charge is 0.241 e. The zero-order chi connectivity index (χ0) is 26.0. The number of sulfonamides is 1. The van der Waals surface area contributed by atoms with E-state index in [1.54, 1.807) is 0 Å². The first-order valence-electron chi connectivity index (χ1n) is 11.9. The molecule has 0 aliphatic rings. The van der Waals surface area contributed by atoms with Gasteiger partial charge in [0.25, 0.3) is 0 Å². The average Bonchev–Trinajstić information content (AvgIpc) is 2.85. The lowest BCUT2D eigenvalue weighted by Gasteiger charge is -2.16. The van der Waals surface area contributed by atoms with Crippen LogP contribution in [0.4, 0.5) is 11.8 Å². The molecule has 0 amide bonds. The highest BCUT2D eigenvalue weighted by molar-refractivity contribution is 7.89. The van der Waals surface area contributed by atoms with E-state index in [0.29, 0.717) is 17.4 Å². The van der Waals surface area contributed by atoms with Crippen molar-refractivity contribution in [2.24, 2.45) is 0 Å². The third-order valence-corrected chi connectivity index (χ3v) is 8.19. The molecule has 8 heteroatoms. The summed E-state index contributed by atoms with van der Waals surface area (Å²) in [7, 11) is 0.300. The van der Waals surface area contributed by atoms with E-state index in [1.165, 1.54) is 0 Å². The average molecular weight is 504 g/mol. The summed E-state index contributed by atoms with van der Waals surface area (Å²) in [6.45, 7) is 8.38. The second-order valence-corrected chi connectivity index (χ2v) is 11.1. The molecule has 4 rings (SSSR count). The van der Waals surface area contributed by atoms with Gasteiger partial charge in [0.1, 0.15) is 5.82 Å². The molecule has 0 saturated heterocycles. The minimum absolute atomic E-state index is 0.224. The fourth-order valence-electron chi connectivity index (χ4n) is 4.27. The van der Waals surface area contributed by atoms with Crippen LogP contribution in [-0.4, -0.2) is 32.5 Å². The highest BCUT2D eigenvalue weighted by atomic mass is 32.2. The molecule has 1 aromatic heterocycles. The van der Waals surface area contributed by atoms with E-state index in [0.717, 1.165) is 50.1 Å². The minimum atomic E-state index is -3.63. The summed E-state index contributed by atoms with van der Waals surface area (Å²) < 4.78 is 29.0. The van der Waals surface area contributed by atoms with Crippen LogP contribution in [0.3, 0.4) is 0 Å². The van der Waals surface area contributed by atoms with Gasteiger partial charge in [-0.15, -0.1) is 0 Å². The van der Waals surface area contributed by atoms with E-state index >= 15 is 0 Å². The maximum Gasteiger partial charge on any atom is 0.241 e. The van der Waals surface area contributed by atoms with Crippen molar-refractivity contribution in [3.05, 3.63) is 88.0 Å². The Morgan fingerprint density at radius 3 is 2.00 bits per heavy atom. The second kappa shape index (κ2) is 10.2. The predicted molar refractivity (Wildman–Crippen MR) is 147 cm³/mol. The third-order valence-electron chi connectivity index (χ3n) is 6.51. The summed E-state index contributed by atoms with van der Waals surface area (Å²) in [5.41, 5.74) is 6.35. The highest BCUT2D eigenvalue weighted by Gasteiger charge is 2.21. The Balaban J connectivity index is 1.44. The number of hydrogen-bond acceptors (Lipinski definition) is 6. The molecular formula is C28H33N5O2S. The third kappa shape index (κ3) is 5.34. The molecule has 7 nitrogen and oxygen atoms in total. The Labute approximate surface area is 213 Å². The highest BCUT2D eigenvalue weighted by Crippen LogP contribution is 2.26. The molecule has 0 aliphatic heterocycles. The molecule has 1 heterocycles. The second-order valence-electron chi connectivity index (χ2n) is 9.37. The van der Waals surface area contributed by atoms with Gasteiger partial charge in [0.15, 0.2) is 0 Å². The molecular weight excluding hydrogens is 470 g/mol. The first kappa shape index (κ1) is 25.6. The van der Waals surface area contributed by atoms with Gasteiger partial charge in [0, 0.05) is 32.6 Å².